The molecule has 0 aliphatic rings. The lowest BCUT2D eigenvalue weighted by atomic mass is 10.1. The van der Waals surface area contributed by atoms with Gasteiger partial charge in [-0.25, -0.2) is 4.98 Å². The summed E-state index contributed by atoms with van der Waals surface area (Å²) in [6.07, 6.45) is 2.79. The molecular weight excluding hydrogens is 340 g/mol. The SMILES string of the molecule is CCCNc1nnc(SCc2coc(-c3ccc(C)cc3C)n2)s1. The van der Waals surface area contributed by atoms with Crippen molar-refractivity contribution in [1.82, 2.24) is 15.2 Å². The van der Waals surface area contributed by atoms with Gasteiger partial charge >= 0.3 is 0 Å². The Morgan fingerprint density at radius 1 is 1.25 bits per heavy atom. The van der Waals surface area contributed by atoms with E-state index in [1.54, 1.807) is 29.4 Å². The molecule has 0 aliphatic heterocycles. The van der Waals surface area contributed by atoms with Gasteiger partial charge in [-0.3, -0.25) is 0 Å². The molecule has 0 saturated heterocycles. The number of hydrogen-bond acceptors (Lipinski definition) is 7. The van der Waals surface area contributed by atoms with Crippen LogP contribution in [-0.2, 0) is 5.75 Å². The van der Waals surface area contributed by atoms with E-state index in [4.69, 9.17) is 4.42 Å². The number of thioether (sulfide) groups is 1. The van der Waals surface area contributed by atoms with E-state index in [0.717, 1.165) is 39.4 Å². The molecule has 0 amide bonds. The van der Waals surface area contributed by atoms with E-state index < -0.39 is 0 Å². The molecule has 0 fully saturated rings. The highest BCUT2D eigenvalue weighted by atomic mass is 32.2. The van der Waals surface area contributed by atoms with Crippen LogP contribution in [0.2, 0.25) is 0 Å². The third-order valence-electron chi connectivity index (χ3n) is 3.44. The summed E-state index contributed by atoms with van der Waals surface area (Å²) in [4.78, 5) is 4.60. The zero-order chi connectivity index (χ0) is 16.9. The fourth-order valence-corrected chi connectivity index (χ4v) is 3.91. The van der Waals surface area contributed by atoms with Gasteiger partial charge in [0.2, 0.25) is 11.0 Å². The quantitative estimate of drug-likeness (QED) is 0.603. The summed E-state index contributed by atoms with van der Waals surface area (Å²) in [6.45, 7) is 7.20. The number of oxazole rings is 1. The second-order valence-electron chi connectivity index (χ2n) is 5.55. The van der Waals surface area contributed by atoms with Gasteiger partial charge in [-0.15, -0.1) is 10.2 Å². The minimum absolute atomic E-state index is 0.672. The standard InChI is InChI=1S/C17H20N4OS2/c1-4-7-18-16-20-21-17(24-16)23-10-13-9-22-15(19-13)14-6-5-11(2)8-12(14)3/h5-6,8-9H,4,7,10H2,1-3H3,(H,18,20). The predicted octanol–water partition coefficient (Wildman–Crippen LogP) is 4.92. The second-order valence-corrected chi connectivity index (χ2v) is 7.75. The molecule has 0 spiro atoms. The minimum atomic E-state index is 0.672. The summed E-state index contributed by atoms with van der Waals surface area (Å²) in [6, 6.07) is 6.27. The largest absolute Gasteiger partial charge is 0.444 e. The van der Waals surface area contributed by atoms with E-state index in [1.165, 1.54) is 11.1 Å². The number of aromatic nitrogens is 3. The molecule has 0 bridgehead atoms. The van der Waals surface area contributed by atoms with Crippen molar-refractivity contribution in [2.45, 2.75) is 37.3 Å². The van der Waals surface area contributed by atoms with Crippen molar-refractivity contribution in [2.75, 3.05) is 11.9 Å². The number of nitrogens with one attached hydrogen (secondary N) is 1. The van der Waals surface area contributed by atoms with Gasteiger partial charge in [0.15, 0.2) is 4.34 Å². The summed E-state index contributed by atoms with van der Waals surface area (Å²) >= 11 is 3.20. The Hall–Kier alpha value is -1.86. The van der Waals surface area contributed by atoms with Gasteiger partial charge in [0.1, 0.15) is 6.26 Å². The van der Waals surface area contributed by atoms with Gasteiger partial charge in [0, 0.05) is 17.9 Å². The van der Waals surface area contributed by atoms with E-state index in [9.17, 15) is 0 Å². The first-order valence-electron chi connectivity index (χ1n) is 7.88. The van der Waals surface area contributed by atoms with Crippen LogP contribution in [0.25, 0.3) is 11.5 Å². The lowest BCUT2D eigenvalue weighted by Gasteiger charge is -2.02. The first kappa shape index (κ1) is 17.0. The zero-order valence-electron chi connectivity index (χ0n) is 14.0. The van der Waals surface area contributed by atoms with Gasteiger partial charge in [-0.1, -0.05) is 47.7 Å². The lowest BCUT2D eigenvalue weighted by molar-refractivity contribution is 0.573. The van der Waals surface area contributed by atoms with E-state index >= 15 is 0 Å². The second kappa shape index (κ2) is 7.81. The van der Waals surface area contributed by atoms with Crippen LogP contribution in [0, 0.1) is 13.8 Å². The molecule has 3 rings (SSSR count). The van der Waals surface area contributed by atoms with E-state index in [2.05, 4.69) is 59.5 Å². The van der Waals surface area contributed by atoms with Crippen molar-refractivity contribution >= 4 is 28.2 Å². The number of aryl methyl sites for hydroxylation is 2. The Bertz CT molecular complexity index is 813. The number of benzene rings is 1. The van der Waals surface area contributed by atoms with Crippen LogP contribution in [0.1, 0.15) is 30.2 Å². The fourth-order valence-electron chi connectivity index (χ4n) is 2.26. The van der Waals surface area contributed by atoms with Crippen LogP contribution in [0.15, 0.2) is 33.2 Å². The highest BCUT2D eigenvalue weighted by molar-refractivity contribution is 8.00. The Morgan fingerprint density at radius 2 is 2.12 bits per heavy atom. The van der Waals surface area contributed by atoms with Crippen molar-refractivity contribution < 1.29 is 4.42 Å². The average Bonchev–Trinajstić information content (AvgIpc) is 3.20. The molecule has 0 aliphatic carbocycles. The van der Waals surface area contributed by atoms with E-state index in [1.807, 2.05) is 0 Å². The normalized spacial score (nSPS) is 11.0. The zero-order valence-corrected chi connectivity index (χ0v) is 15.6. The van der Waals surface area contributed by atoms with Crippen molar-refractivity contribution in [3.8, 4) is 11.5 Å². The number of hydrogen-bond donors (Lipinski definition) is 1. The van der Waals surface area contributed by atoms with Crippen molar-refractivity contribution in [1.29, 1.82) is 0 Å². The van der Waals surface area contributed by atoms with E-state index in [-0.39, 0.29) is 0 Å². The molecule has 3 aromatic rings. The number of rotatable bonds is 7. The Labute approximate surface area is 149 Å². The maximum absolute atomic E-state index is 5.65. The molecule has 0 atom stereocenters. The third kappa shape index (κ3) is 4.15. The van der Waals surface area contributed by atoms with Gasteiger partial charge in [-0.05, 0) is 31.9 Å². The van der Waals surface area contributed by atoms with Crippen molar-refractivity contribution in [3.63, 3.8) is 0 Å². The molecule has 24 heavy (non-hydrogen) atoms. The molecule has 2 aromatic heterocycles. The Kier molecular flexibility index (Phi) is 5.52. The highest BCUT2D eigenvalue weighted by Gasteiger charge is 2.11. The Morgan fingerprint density at radius 3 is 2.92 bits per heavy atom. The average molecular weight is 361 g/mol. The van der Waals surface area contributed by atoms with Crippen LogP contribution in [0.3, 0.4) is 0 Å². The number of anilines is 1. The molecule has 7 heteroatoms. The molecule has 1 aromatic carbocycles. The molecule has 5 nitrogen and oxygen atoms in total. The Balaban J connectivity index is 1.63. The molecule has 0 radical (unpaired) electrons. The lowest BCUT2D eigenvalue weighted by Crippen LogP contribution is -1.98. The summed E-state index contributed by atoms with van der Waals surface area (Å²) in [5.74, 6) is 1.39. The third-order valence-corrected chi connectivity index (χ3v) is 5.49. The molecule has 0 saturated carbocycles. The van der Waals surface area contributed by atoms with Crippen LogP contribution in [-0.4, -0.2) is 21.7 Å². The molecule has 126 valence electrons. The predicted molar refractivity (Wildman–Crippen MR) is 99.7 cm³/mol. The maximum atomic E-state index is 5.65. The smallest absolute Gasteiger partial charge is 0.226 e. The van der Waals surface area contributed by atoms with Crippen LogP contribution >= 0.6 is 23.1 Å². The molecule has 2 heterocycles. The summed E-state index contributed by atoms with van der Waals surface area (Å²) in [5, 5.41) is 12.4. The van der Waals surface area contributed by atoms with Crippen molar-refractivity contribution in [2.24, 2.45) is 0 Å². The topological polar surface area (TPSA) is 63.8 Å². The molecule has 0 unspecified atom stereocenters. The monoisotopic (exact) mass is 360 g/mol. The highest BCUT2D eigenvalue weighted by Crippen LogP contribution is 2.29. The molecular formula is C17H20N4OS2. The van der Waals surface area contributed by atoms with Crippen LogP contribution < -0.4 is 5.32 Å². The first-order valence-corrected chi connectivity index (χ1v) is 9.68. The number of nitrogens with zero attached hydrogens (tertiary/aromatic N) is 3. The van der Waals surface area contributed by atoms with Crippen molar-refractivity contribution in [3.05, 3.63) is 41.3 Å². The molecule has 1 N–H and O–H groups in total. The summed E-state index contributed by atoms with van der Waals surface area (Å²) < 4.78 is 6.58. The van der Waals surface area contributed by atoms with Crippen LogP contribution in [0.5, 0.6) is 0 Å². The maximum Gasteiger partial charge on any atom is 0.226 e. The van der Waals surface area contributed by atoms with Crippen LogP contribution in [0.4, 0.5) is 5.13 Å². The van der Waals surface area contributed by atoms with Gasteiger partial charge in [0.05, 0.1) is 5.69 Å². The first-order chi connectivity index (χ1) is 11.7. The van der Waals surface area contributed by atoms with Gasteiger partial charge in [0.25, 0.3) is 0 Å². The fraction of sp³-hybridized carbons (Fsp3) is 0.353. The summed E-state index contributed by atoms with van der Waals surface area (Å²) in [5.41, 5.74) is 4.36. The minimum Gasteiger partial charge on any atom is -0.444 e. The van der Waals surface area contributed by atoms with Gasteiger partial charge < -0.3 is 9.73 Å². The van der Waals surface area contributed by atoms with Gasteiger partial charge in [-0.2, -0.15) is 0 Å². The van der Waals surface area contributed by atoms with E-state index in [0.29, 0.717) is 5.89 Å². The summed E-state index contributed by atoms with van der Waals surface area (Å²) in [7, 11) is 0.